The predicted molar refractivity (Wildman–Crippen MR) is 106 cm³/mol. The summed E-state index contributed by atoms with van der Waals surface area (Å²) in [6, 6.07) is 14.1. The van der Waals surface area contributed by atoms with Gasteiger partial charge in [0.15, 0.2) is 0 Å². The van der Waals surface area contributed by atoms with E-state index in [0.29, 0.717) is 30.0 Å². The zero-order chi connectivity index (χ0) is 19.6. The van der Waals surface area contributed by atoms with Gasteiger partial charge in [0.05, 0.1) is 11.4 Å². The Bertz CT molecular complexity index is 973. The second-order valence-electron chi connectivity index (χ2n) is 6.57. The van der Waals surface area contributed by atoms with Gasteiger partial charge in [-0.3, -0.25) is 4.79 Å². The Balaban J connectivity index is 2.21. The number of hydrogen-bond donors (Lipinski definition) is 0. The second-order valence-corrected chi connectivity index (χ2v) is 6.57. The van der Waals surface area contributed by atoms with Crippen LogP contribution in [0.3, 0.4) is 0 Å². The summed E-state index contributed by atoms with van der Waals surface area (Å²) >= 11 is 0. The van der Waals surface area contributed by atoms with E-state index in [4.69, 9.17) is 0 Å². The maximum absolute atomic E-state index is 14.3. The van der Waals surface area contributed by atoms with Crippen LogP contribution in [0.5, 0.6) is 0 Å². The van der Waals surface area contributed by atoms with Gasteiger partial charge in [-0.15, -0.1) is 0 Å². The smallest absolute Gasteiger partial charge is 0.272 e. The first kappa shape index (κ1) is 18.8. The molecule has 0 N–H and O–H groups in total. The van der Waals surface area contributed by atoms with Crippen LogP contribution in [0.2, 0.25) is 0 Å². The van der Waals surface area contributed by atoms with Crippen molar-refractivity contribution < 1.29 is 9.18 Å². The summed E-state index contributed by atoms with van der Waals surface area (Å²) in [5, 5.41) is 4.60. The van der Waals surface area contributed by atoms with Crippen LogP contribution >= 0.6 is 0 Å². The summed E-state index contributed by atoms with van der Waals surface area (Å²) in [5.41, 5.74) is 4.22. The van der Waals surface area contributed by atoms with Gasteiger partial charge in [-0.05, 0) is 57.5 Å². The minimum Gasteiger partial charge on any atom is -0.338 e. The van der Waals surface area contributed by atoms with Crippen molar-refractivity contribution in [3.05, 3.63) is 71.2 Å². The molecule has 0 spiro atoms. The lowest BCUT2D eigenvalue weighted by Crippen LogP contribution is -2.32. The lowest BCUT2D eigenvalue weighted by Gasteiger charge is -2.19. The Morgan fingerprint density at radius 1 is 1.07 bits per heavy atom. The highest BCUT2D eigenvalue weighted by Crippen LogP contribution is 2.26. The van der Waals surface area contributed by atoms with Crippen molar-refractivity contribution in [2.75, 3.05) is 13.1 Å². The molecule has 1 amide bonds. The number of nitrogens with zero attached hydrogens (tertiary/aromatic N) is 3. The van der Waals surface area contributed by atoms with Crippen LogP contribution < -0.4 is 0 Å². The number of hydrogen-bond acceptors (Lipinski definition) is 2. The van der Waals surface area contributed by atoms with Gasteiger partial charge in [0.1, 0.15) is 11.5 Å². The van der Waals surface area contributed by atoms with E-state index in [2.05, 4.69) is 5.10 Å². The first-order chi connectivity index (χ1) is 13.0. The Labute approximate surface area is 159 Å². The summed E-state index contributed by atoms with van der Waals surface area (Å²) in [6.07, 6.45) is 0. The Kier molecular flexibility index (Phi) is 5.40. The molecular weight excluding hydrogens is 341 g/mol. The van der Waals surface area contributed by atoms with E-state index < -0.39 is 0 Å². The SMILES string of the molecule is CCN(CC)C(=O)c1cc(-c2ccccc2F)nn1-c1ccc(C)cc1C. The van der Waals surface area contributed by atoms with Crippen molar-refractivity contribution in [2.45, 2.75) is 27.7 Å². The van der Waals surface area contributed by atoms with Gasteiger partial charge in [0.25, 0.3) is 5.91 Å². The van der Waals surface area contributed by atoms with E-state index in [1.165, 1.54) is 6.07 Å². The zero-order valence-electron chi connectivity index (χ0n) is 16.2. The zero-order valence-corrected chi connectivity index (χ0v) is 16.2. The van der Waals surface area contributed by atoms with E-state index in [-0.39, 0.29) is 11.7 Å². The number of amides is 1. The van der Waals surface area contributed by atoms with Gasteiger partial charge >= 0.3 is 0 Å². The molecule has 3 aromatic rings. The third kappa shape index (κ3) is 3.63. The molecule has 0 aliphatic carbocycles. The van der Waals surface area contributed by atoms with Crippen LogP contribution in [0.15, 0.2) is 48.5 Å². The minimum absolute atomic E-state index is 0.116. The van der Waals surface area contributed by atoms with E-state index in [0.717, 1.165) is 16.8 Å². The normalized spacial score (nSPS) is 10.9. The highest BCUT2D eigenvalue weighted by molar-refractivity contribution is 5.94. The Hall–Kier alpha value is -2.95. The largest absolute Gasteiger partial charge is 0.338 e. The average Bonchev–Trinajstić information content (AvgIpc) is 3.07. The van der Waals surface area contributed by atoms with Crippen molar-refractivity contribution in [1.82, 2.24) is 14.7 Å². The molecule has 0 aliphatic heterocycles. The molecule has 5 heteroatoms. The van der Waals surface area contributed by atoms with Crippen LogP contribution in [0.4, 0.5) is 4.39 Å². The van der Waals surface area contributed by atoms with E-state index in [9.17, 15) is 9.18 Å². The molecule has 0 saturated heterocycles. The van der Waals surface area contributed by atoms with E-state index >= 15 is 0 Å². The molecular formula is C22H24FN3O. The lowest BCUT2D eigenvalue weighted by molar-refractivity contribution is 0.0764. The average molecular weight is 365 g/mol. The molecule has 0 saturated carbocycles. The maximum atomic E-state index is 14.3. The molecule has 140 valence electrons. The van der Waals surface area contributed by atoms with Crippen molar-refractivity contribution in [2.24, 2.45) is 0 Å². The summed E-state index contributed by atoms with van der Waals surface area (Å²) in [7, 11) is 0. The highest BCUT2D eigenvalue weighted by atomic mass is 19.1. The fourth-order valence-corrected chi connectivity index (χ4v) is 3.23. The summed E-state index contributed by atoms with van der Waals surface area (Å²) in [6.45, 7) is 9.09. The van der Waals surface area contributed by atoms with Crippen LogP contribution in [0.25, 0.3) is 16.9 Å². The number of carbonyl (C=O) groups excluding carboxylic acids is 1. The highest BCUT2D eigenvalue weighted by Gasteiger charge is 2.22. The van der Waals surface area contributed by atoms with Gasteiger partial charge in [0.2, 0.25) is 0 Å². The number of halogens is 1. The van der Waals surface area contributed by atoms with Gasteiger partial charge in [-0.1, -0.05) is 29.8 Å². The Morgan fingerprint density at radius 3 is 2.41 bits per heavy atom. The molecule has 27 heavy (non-hydrogen) atoms. The summed E-state index contributed by atoms with van der Waals surface area (Å²) in [4.78, 5) is 14.8. The first-order valence-electron chi connectivity index (χ1n) is 9.18. The molecule has 0 radical (unpaired) electrons. The van der Waals surface area contributed by atoms with Crippen molar-refractivity contribution >= 4 is 5.91 Å². The monoisotopic (exact) mass is 365 g/mol. The quantitative estimate of drug-likeness (QED) is 0.653. The summed E-state index contributed by atoms with van der Waals surface area (Å²) < 4.78 is 15.9. The summed E-state index contributed by atoms with van der Waals surface area (Å²) in [5.74, 6) is -0.473. The third-order valence-electron chi connectivity index (χ3n) is 4.71. The van der Waals surface area contributed by atoms with Crippen molar-refractivity contribution in [3.8, 4) is 16.9 Å². The van der Waals surface area contributed by atoms with Gasteiger partial charge in [-0.25, -0.2) is 9.07 Å². The fraction of sp³-hybridized carbons (Fsp3) is 0.273. The van der Waals surface area contributed by atoms with Crippen molar-refractivity contribution in [3.63, 3.8) is 0 Å². The molecule has 0 atom stereocenters. The minimum atomic E-state index is -0.357. The molecule has 3 rings (SSSR count). The standard InChI is InChI=1S/C22H24FN3O/c1-5-25(6-2)22(27)21-14-19(17-9-7-8-10-18(17)23)24-26(21)20-12-11-15(3)13-16(20)4/h7-14H,5-6H2,1-4H3. The molecule has 1 heterocycles. The molecule has 0 fully saturated rings. The van der Waals surface area contributed by atoms with Crippen LogP contribution in [-0.4, -0.2) is 33.7 Å². The predicted octanol–water partition coefficient (Wildman–Crippen LogP) is 4.78. The fourth-order valence-electron chi connectivity index (χ4n) is 3.23. The number of benzene rings is 2. The van der Waals surface area contributed by atoms with E-state index in [1.54, 1.807) is 33.8 Å². The number of carbonyl (C=O) groups is 1. The van der Waals surface area contributed by atoms with Gasteiger partial charge < -0.3 is 4.90 Å². The number of rotatable bonds is 5. The number of aryl methyl sites for hydroxylation is 2. The molecule has 0 aliphatic rings. The molecule has 1 aromatic heterocycles. The first-order valence-corrected chi connectivity index (χ1v) is 9.18. The second kappa shape index (κ2) is 7.74. The van der Waals surface area contributed by atoms with Crippen molar-refractivity contribution in [1.29, 1.82) is 0 Å². The van der Waals surface area contributed by atoms with Crippen LogP contribution in [0.1, 0.15) is 35.5 Å². The topological polar surface area (TPSA) is 38.1 Å². The Morgan fingerprint density at radius 2 is 1.78 bits per heavy atom. The number of aromatic nitrogens is 2. The van der Waals surface area contributed by atoms with Crippen LogP contribution in [0, 0.1) is 19.7 Å². The molecule has 0 bridgehead atoms. The van der Waals surface area contributed by atoms with Gasteiger partial charge in [0, 0.05) is 18.7 Å². The molecule has 0 unspecified atom stereocenters. The molecule has 4 nitrogen and oxygen atoms in total. The third-order valence-corrected chi connectivity index (χ3v) is 4.71. The maximum Gasteiger partial charge on any atom is 0.272 e. The molecule has 2 aromatic carbocycles. The lowest BCUT2D eigenvalue weighted by atomic mass is 10.1. The van der Waals surface area contributed by atoms with Gasteiger partial charge in [-0.2, -0.15) is 5.10 Å². The van der Waals surface area contributed by atoms with E-state index in [1.807, 2.05) is 45.9 Å². The van der Waals surface area contributed by atoms with Crippen LogP contribution in [-0.2, 0) is 0 Å².